The number of hydrogen-bond acceptors (Lipinski definition) is 5. The van der Waals surface area contributed by atoms with Gasteiger partial charge in [0.25, 0.3) is 0 Å². The first-order chi connectivity index (χ1) is 25.0. The van der Waals surface area contributed by atoms with E-state index in [1.807, 2.05) is 97.1 Å². The van der Waals surface area contributed by atoms with E-state index < -0.39 is 0 Å². The summed E-state index contributed by atoms with van der Waals surface area (Å²) >= 11 is 0. The van der Waals surface area contributed by atoms with Gasteiger partial charge < -0.3 is 24.7 Å². The number of benzene rings is 6. The molecule has 0 amide bonds. The number of methoxy groups -OCH3 is 4. The van der Waals surface area contributed by atoms with Crippen LogP contribution >= 0.6 is 0 Å². The molecule has 51 heavy (non-hydrogen) atoms. The lowest BCUT2D eigenvalue weighted by Gasteiger charge is -2.22. The van der Waals surface area contributed by atoms with E-state index in [9.17, 15) is 0 Å². The van der Waals surface area contributed by atoms with Gasteiger partial charge in [-0.1, -0.05) is 97.1 Å². The van der Waals surface area contributed by atoms with Crippen molar-refractivity contribution in [1.82, 2.24) is 0 Å². The number of rotatable bonds is 12. The van der Waals surface area contributed by atoms with Gasteiger partial charge in [-0.15, -0.1) is 0 Å². The summed E-state index contributed by atoms with van der Waals surface area (Å²) in [6.45, 7) is 0. The average molecular weight is 673 g/mol. The van der Waals surface area contributed by atoms with Crippen LogP contribution in [0, 0.1) is 0 Å². The third kappa shape index (κ3) is 8.03. The number of hydrogen-bond donors (Lipinski definition) is 1. The third-order valence-corrected chi connectivity index (χ3v) is 8.59. The molecule has 0 spiro atoms. The minimum atomic E-state index is 0.423. The monoisotopic (exact) mass is 672 g/mol. The summed E-state index contributed by atoms with van der Waals surface area (Å²) in [4.78, 5) is 5.04. The molecule has 0 unspecified atom stereocenters. The fourth-order valence-electron chi connectivity index (χ4n) is 5.91. The average Bonchev–Trinajstić information content (AvgIpc) is 3.20. The van der Waals surface area contributed by atoms with Crippen molar-refractivity contribution in [3.8, 4) is 23.0 Å². The van der Waals surface area contributed by atoms with Crippen molar-refractivity contribution in [3.05, 3.63) is 185 Å². The molecule has 0 aromatic heterocycles. The van der Waals surface area contributed by atoms with Crippen molar-refractivity contribution in [2.45, 2.75) is 0 Å². The third-order valence-electron chi connectivity index (χ3n) is 8.59. The van der Waals surface area contributed by atoms with E-state index in [1.165, 1.54) is 0 Å². The van der Waals surface area contributed by atoms with Crippen LogP contribution in [0.5, 0.6) is 23.0 Å². The van der Waals surface area contributed by atoms with Crippen molar-refractivity contribution in [2.24, 2.45) is 10.7 Å². The van der Waals surface area contributed by atoms with Crippen molar-refractivity contribution in [3.63, 3.8) is 0 Å². The minimum Gasteiger partial charge on any atom is -0.497 e. The molecule has 0 bridgehead atoms. The van der Waals surface area contributed by atoms with Gasteiger partial charge in [-0.3, -0.25) is 0 Å². The Kier molecular flexibility index (Phi) is 10.9. The van der Waals surface area contributed by atoms with Crippen molar-refractivity contribution >= 4 is 34.3 Å². The Labute approximate surface area is 299 Å². The molecule has 0 aliphatic rings. The Balaban J connectivity index is 1.74. The van der Waals surface area contributed by atoms with Gasteiger partial charge in [0.2, 0.25) is 0 Å². The van der Waals surface area contributed by atoms with Gasteiger partial charge in [-0.05, 0) is 99.6 Å². The van der Waals surface area contributed by atoms with Gasteiger partial charge in [-0.2, -0.15) is 0 Å². The van der Waals surface area contributed by atoms with E-state index in [0.29, 0.717) is 5.84 Å². The molecular formula is C45H40N2O4. The molecule has 6 nitrogen and oxygen atoms in total. The predicted molar refractivity (Wildman–Crippen MR) is 209 cm³/mol. The molecule has 0 aliphatic heterocycles. The Hall–Kier alpha value is -6.53. The van der Waals surface area contributed by atoms with Crippen molar-refractivity contribution in [2.75, 3.05) is 28.4 Å². The Morgan fingerprint density at radius 2 is 0.922 bits per heavy atom. The quantitative estimate of drug-likeness (QED) is 0.0606. The molecule has 0 aliphatic carbocycles. The molecule has 6 aromatic rings. The second-order valence-corrected chi connectivity index (χ2v) is 11.6. The van der Waals surface area contributed by atoms with Crippen LogP contribution in [-0.4, -0.2) is 34.3 Å². The maximum absolute atomic E-state index is 6.67. The fraction of sp³-hybridized carbons (Fsp3) is 0.0889. The highest BCUT2D eigenvalue weighted by molar-refractivity contribution is 6.22. The summed E-state index contributed by atoms with van der Waals surface area (Å²) in [6.07, 6.45) is 2.20. The lowest BCUT2D eigenvalue weighted by molar-refractivity contribution is 0.414. The molecular weight excluding hydrogens is 633 g/mol. The highest BCUT2D eigenvalue weighted by atomic mass is 16.5. The second-order valence-electron chi connectivity index (χ2n) is 11.6. The van der Waals surface area contributed by atoms with Crippen LogP contribution in [0.4, 0.5) is 5.69 Å². The molecule has 2 N–H and O–H groups in total. The SMILES string of the molecule is COc1ccc(C=C(/C(=C(/c2ccc(OC)cc2)c2ccccc2N=C(N)c2ccccc2)c2ccc(OC)cc2)c2ccc(OC)cc2)cc1. The zero-order valence-electron chi connectivity index (χ0n) is 29.2. The first kappa shape index (κ1) is 34.3. The van der Waals surface area contributed by atoms with Gasteiger partial charge >= 0.3 is 0 Å². The van der Waals surface area contributed by atoms with E-state index in [2.05, 4.69) is 60.7 Å². The normalized spacial score (nSPS) is 12.2. The van der Waals surface area contributed by atoms with E-state index in [1.54, 1.807) is 28.4 Å². The van der Waals surface area contributed by atoms with Gasteiger partial charge in [0.05, 0.1) is 34.1 Å². The van der Waals surface area contributed by atoms with E-state index in [0.717, 1.165) is 78.8 Å². The molecule has 0 saturated heterocycles. The first-order valence-electron chi connectivity index (χ1n) is 16.5. The van der Waals surface area contributed by atoms with Crippen LogP contribution in [0.2, 0.25) is 0 Å². The molecule has 0 saturated carbocycles. The van der Waals surface area contributed by atoms with Crippen LogP contribution in [0.25, 0.3) is 22.8 Å². The van der Waals surface area contributed by atoms with Crippen LogP contribution in [0.1, 0.15) is 33.4 Å². The van der Waals surface area contributed by atoms with Gasteiger partial charge in [0, 0.05) is 11.1 Å². The molecule has 254 valence electrons. The largest absolute Gasteiger partial charge is 0.497 e. The van der Waals surface area contributed by atoms with Crippen molar-refractivity contribution in [1.29, 1.82) is 0 Å². The summed E-state index contributed by atoms with van der Waals surface area (Å²) in [5.41, 5.74) is 16.0. The lowest BCUT2D eigenvalue weighted by Crippen LogP contribution is -2.12. The smallest absolute Gasteiger partial charge is 0.131 e. The van der Waals surface area contributed by atoms with Crippen LogP contribution in [-0.2, 0) is 0 Å². The van der Waals surface area contributed by atoms with Gasteiger partial charge in [0.15, 0.2) is 0 Å². The van der Waals surface area contributed by atoms with E-state index in [-0.39, 0.29) is 0 Å². The summed E-state index contributed by atoms with van der Waals surface area (Å²) in [7, 11) is 6.69. The number of para-hydroxylation sites is 1. The topological polar surface area (TPSA) is 75.3 Å². The standard InChI is InChI=1S/C45H40N2O4/c1-48-36-22-14-31(15-23-36)30-41(32-16-24-37(49-2)25-17-32)44(34-20-28-39(51-4)29-21-34)43(33-18-26-38(50-3)27-19-33)40-12-8-9-13-42(40)47-45(46)35-10-6-5-7-11-35/h5-30H,1-4H3,(H2,46,47)/b41-30?,44-43-. The molecule has 0 atom stereocenters. The van der Waals surface area contributed by atoms with Crippen LogP contribution < -0.4 is 24.7 Å². The lowest BCUT2D eigenvalue weighted by atomic mass is 9.82. The summed E-state index contributed by atoms with van der Waals surface area (Å²) in [5.74, 6) is 3.49. The number of amidine groups is 1. The number of nitrogens with two attached hydrogens (primary N) is 1. The highest BCUT2D eigenvalue weighted by Gasteiger charge is 2.22. The highest BCUT2D eigenvalue weighted by Crippen LogP contribution is 2.45. The zero-order chi connectivity index (χ0) is 35.6. The summed E-state index contributed by atoms with van der Waals surface area (Å²) in [6, 6.07) is 50.4. The number of allylic oxidation sites excluding steroid dienone is 2. The number of aliphatic imine (C=N–C) groups is 1. The maximum Gasteiger partial charge on any atom is 0.131 e. The Bertz CT molecular complexity index is 2150. The summed E-state index contributed by atoms with van der Waals surface area (Å²) < 4.78 is 22.2. The second kappa shape index (κ2) is 16.2. The molecule has 0 fully saturated rings. The molecule has 0 heterocycles. The predicted octanol–water partition coefficient (Wildman–Crippen LogP) is 9.96. The van der Waals surface area contributed by atoms with Crippen molar-refractivity contribution < 1.29 is 18.9 Å². The van der Waals surface area contributed by atoms with Crippen LogP contribution in [0.3, 0.4) is 0 Å². The molecule has 6 aromatic carbocycles. The number of ether oxygens (including phenoxy) is 4. The molecule has 6 rings (SSSR count). The maximum atomic E-state index is 6.67. The summed E-state index contributed by atoms with van der Waals surface area (Å²) in [5, 5.41) is 0. The Morgan fingerprint density at radius 1 is 0.471 bits per heavy atom. The first-order valence-corrected chi connectivity index (χ1v) is 16.5. The van der Waals surface area contributed by atoms with E-state index >= 15 is 0 Å². The number of nitrogens with zero attached hydrogens (tertiary/aromatic N) is 1. The molecule has 6 heteroatoms. The Morgan fingerprint density at radius 3 is 1.45 bits per heavy atom. The molecule has 0 radical (unpaired) electrons. The van der Waals surface area contributed by atoms with Gasteiger partial charge in [0.1, 0.15) is 28.8 Å². The van der Waals surface area contributed by atoms with E-state index in [4.69, 9.17) is 29.7 Å². The van der Waals surface area contributed by atoms with Gasteiger partial charge in [-0.25, -0.2) is 4.99 Å². The zero-order valence-corrected chi connectivity index (χ0v) is 29.2. The minimum absolute atomic E-state index is 0.423. The van der Waals surface area contributed by atoms with Crippen LogP contribution in [0.15, 0.2) is 157 Å². The fourth-order valence-corrected chi connectivity index (χ4v) is 5.91.